The van der Waals surface area contributed by atoms with Crippen LogP contribution in [0.5, 0.6) is 0 Å². The molecule has 1 aliphatic heterocycles. The lowest BCUT2D eigenvalue weighted by molar-refractivity contribution is -0.122. The van der Waals surface area contributed by atoms with Crippen LogP contribution in [0.25, 0.3) is 0 Å². The van der Waals surface area contributed by atoms with Crippen LogP contribution in [0.4, 0.5) is 5.69 Å². The standard InChI is InChI=1S/C20H26N4O/c1-23-12-18(21-14-23)13-24-11-3-2-4-19(24)20(25)22-17-9-7-16(8-10-17)15-5-6-15/h7-10,12,14-15,19H,2-6,11,13H2,1H3,(H,22,25)/t19-/m1/s1. The number of anilines is 1. The number of hydrogen-bond donors (Lipinski definition) is 1. The first-order valence-electron chi connectivity index (χ1n) is 9.31. The summed E-state index contributed by atoms with van der Waals surface area (Å²) in [5, 5.41) is 3.11. The van der Waals surface area contributed by atoms with Crippen LogP contribution in [-0.4, -0.2) is 32.9 Å². The molecule has 4 rings (SSSR count). The molecule has 1 N–H and O–H groups in total. The van der Waals surface area contributed by atoms with E-state index in [1.807, 2.05) is 36.3 Å². The normalized spacial score (nSPS) is 21.2. The summed E-state index contributed by atoms with van der Waals surface area (Å²) in [6, 6.07) is 8.31. The Kier molecular flexibility index (Phi) is 4.57. The minimum Gasteiger partial charge on any atom is -0.340 e. The highest BCUT2D eigenvalue weighted by Crippen LogP contribution is 2.40. The molecule has 1 aromatic heterocycles. The average Bonchev–Trinajstić information content (AvgIpc) is 3.39. The second-order valence-corrected chi connectivity index (χ2v) is 7.40. The molecule has 2 aromatic rings. The summed E-state index contributed by atoms with van der Waals surface area (Å²) >= 11 is 0. The molecule has 5 nitrogen and oxygen atoms in total. The summed E-state index contributed by atoms with van der Waals surface area (Å²) in [6.45, 7) is 1.69. The predicted molar refractivity (Wildman–Crippen MR) is 98.3 cm³/mol. The van der Waals surface area contributed by atoms with E-state index in [9.17, 15) is 4.79 Å². The van der Waals surface area contributed by atoms with E-state index in [1.54, 1.807) is 0 Å². The van der Waals surface area contributed by atoms with Crippen LogP contribution in [-0.2, 0) is 18.4 Å². The van der Waals surface area contributed by atoms with Crippen molar-refractivity contribution in [1.82, 2.24) is 14.5 Å². The Hall–Kier alpha value is -2.14. The fourth-order valence-corrected chi connectivity index (χ4v) is 3.71. The lowest BCUT2D eigenvalue weighted by Gasteiger charge is -2.34. The highest BCUT2D eigenvalue weighted by molar-refractivity contribution is 5.94. The Labute approximate surface area is 149 Å². The van der Waals surface area contributed by atoms with Gasteiger partial charge in [-0.3, -0.25) is 9.69 Å². The van der Waals surface area contributed by atoms with Crippen LogP contribution < -0.4 is 5.32 Å². The molecule has 0 bridgehead atoms. The highest BCUT2D eigenvalue weighted by atomic mass is 16.2. The van der Waals surface area contributed by atoms with Crippen LogP contribution in [0.1, 0.15) is 49.3 Å². The number of aryl methyl sites for hydroxylation is 1. The Bertz CT molecular complexity index is 732. The summed E-state index contributed by atoms with van der Waals surface area (Å²) in [5.74, 6) is 0.853. The van der Waals surface area contributed by atoms with Gasteiger partial charge in [0.15, 0.2) is 0 Å². The molecule has 1 saturated heterocycles. The molecular formula is C20H26N4O. The minimum absolute atomic E-state index is 0.0705. The predicted octanol–water partition coefficient (Wildman–Crippen LogP) is 3.29. The molecule has 25 heavy (non-hydrogen) atoms. The van der Waals surface area contributed by atoms with Gasteiger partial charge < -0.3 is 9.88 Å². The van der Waals surface area contributed by atoms with Crippen molar-refractivity contribution in [3.8, 4) is 0 Å². The Morgan fingerprint density at radius 1 is 1.20 bits per heavy atom. The number of benzene rings is 1. The van der Waals surface area contributed by atoms with Crippen molar-refractivity contribution in [1.29, 1.82) is 0 Å². The SMILES string of the molecule is Cn1cnc(CN2CCCC[C@@H]2C(=O)Nc2ccc(C3CC3)cc2)c1. The molecule has 1 amide bonds. The Balaban J connectivity index is 1.41. The van der Waals surface area contributed by atoms with E-state index in [-0.39, 0.29) is 11.9 Å². The fourth-order valence-electron chi connectivity index (χ4n) is 3.71. The Morgan fingerprint density at radius 3 is 2.68 bits per heavy atom. The molecular weight excluding hydrogens is 312 g/mol. The number of hydrogen-bond acceptors (Lipinski definition) is 3. The number of rotatable bonds is 5. The van der Waals surface area contributed by atoms with Gasteiger partial charge in [-0.05, 0) is 55.8 Å². The molecule has 1 aliphatic carbocycles. The molecule has 2 aliphatic rings. The quantitative estimate of drug-likeness (QED) is 0.910. The number of amides is 1. The van der Waals surface area contributed by atoms with E-state index < -0.39 is 0 Å². The van der Waals surface area contributed by atoms with Gasteiger partial charge in [0.1, 0.15) is 0 Å². The first-order chi connectivity index (χ1) is 12.2. The molecule has 1 saturated carbocycles. The molecule has 0 unspecified atom stereocenters. The number of imidazole rings is 1. The fraction of sp³-hybridized carbons (Fsp3) is 0.500. The summed E-state index contributed by atoms with van der Waals surface area (Å²) in [6.07, 6.45) is 9.62. The van der Waals surface area contributed by atoms with Gasteiger partial charge in [-0.2, -0.15) is 0 Å². The third-order valence-corrected chi connectivity index (χ3v) is 5.27. The first kappa shape index (κ1) is 16.3. The zero-order valence-electron chi connectivity index (χ0n) is 14.8. The van der Waals surface area contributed by atoms with Crippen molar-refractivity contribution in [3.05, 3.63) is 48.0 Å². The van der Waals surface area contributed by atoms with Gasteiger partial charge in [-0.15, -0.1) is 0 Å². The van der Waals surface area contributed by atoms with Gasteiger partial charge in [-0.1, -0.05) is 18.6 Å². The van der Waals surface area contributed by atoms with Crippen molar-refractivity contribution < 1.29 is 4.79 Å². The monoisotopic (exact) mass is 338 g/mol. The summed E-state index contributed by atoms with van der Waals surface area (Å²) in [5.41, 5.74) is 3.32. The molecule has 0 radical (unpaired) electrons. The van der Waals surface area contributed by atoms with E-state index in [0.29, 0.717) is 0 Å². The largest absolute Gasteiger partial charge is 0.340 e. The zero-order chi connectivity index (χ0) is 17.2. The summed E-state index contributed by atoms with van der Waals surface area (Å²) in [4.78, 5) is 19.5. The maximum absolute atomic E-state index is 12.8. The molecule has 1 atom stereocenters. The average molecular weight is 338 g/mol. The third kappa shape index (κ3) is 3.93. The van der Waals surface area contributed by atoms with Crippen molar-refractivity contribution in [2.75, 3.05) is 11.9 Å². The molecule has 132 valence electrons. The molecule has 2 heterocycles. The van der Waals surface area contributed by atoms with Crippen molar-refractivity contribution in [2.24, 2.45) is 7.05 Å². The van der Waals surface area contributed by atoms with Gasteiger partial charge in [-0.25, -0.2) is 4.98 Å². The van der Waals surface area contributed by atoms with E-state index >= 15 is 0 Å². The number of carbonyl (C=O) groups excluding carboxylic acids is 1. The van der Waals surface area contributed by atoms with Crippen molar-refractivity contribution in [3.63, 3.8) is 0 Å². The number of piperidine rings is 1. The van der Waals surface area contributed by atoms with E-state index in [0.717, 1.165) is 49.7 Å². The number of aromatic nitrogens is 2. The molecule has 5 heteroatoms. The third-order valence-electron chi connectivity index (χ3n) is 5.27. The molecule has 0 spiro atoms. The lowest BCUT2D eigenvalue weighted by atomic mass is 10.0. The van der Waals surface area contributed by atoms with Crippen molar-refractivity contribution in [2.45, 2.75) is 50.6 Å². The van der Waals surface area contributed by atoms with E-state index in [4.69, 9.17) is 0 Å². The second-order valence-electron chi connectivity index (χ2n) is 7.40. The highest BCUT2D eigenvalue weighted by Gasteiger charge is 2.29. The number of likely N-dealkylation sites (tertiary alicyclic amines) is 1. The first-order valence-corrected chi connectivity index (χ1v) is 9.31. The number of carbonyl (C=O) groups is 1. The minimum atomic E-state index is -0.0705. The van der Waals surface area contributed by atoms with Crippen LogP contribution in [0, 0.1) is 0 Å². The van der Waals surface area contributed by atoms with Crippen LogP contribution in [0.2, 0.25) is 0 Å². The molecule has 2 fully saturated rings. The van der Waals surface area contributed by atoms with Crippen molar-refractivity contribution >= 4 is 11.6 Å². The summed E-state index contributed by atoms with van der Waals surface area (Å²) < 4.78 is 1.95. The van der Waals surface area contributed by atoms with Crippen LogP contribution in [0.15, 0.2) is 36.8 Å². The molecule has 1 aromatic carbocycles. The van der Waals surface area contributed by atoms with Gasteiger partial charge in [0.2, 0.25) is 5.91 Å². The topological polar surface area (TPSA) is 50.2 Å². The second kappa shape index (κ2) is 7.00. The van der Waals surface area contributed by atoms with Crippen LogP contribution in [0.3, 0.4) is 0 Å². The maximum Gasteiger partial charge on any atom is 0.241 e. The van der Waals surface area contributed by atoms with Gasteiger partial charge in [0.25, 0.3) is 0 Å². The van der Waals surface area contributed by atoms with Gasteiger partial charge >= 0.3 is 0 Å². The number of nitrogens with zero attached hydrogens (tertiary/aromatic N) is 3. The summed E-state index contributed by atoms with van der Waals surface area (Å²) in [7, 11) is 1.97. The maximum atomic E-state index is 12.8. The number of nitrogens with one attached hydrogen (secondary N) is 1. The lowest BCUT2D eigenvalue weighted by Crippen LogP contribution is -2.46. The van der Waals surface area contributed by atoms with E-state index in [1.165, 1.54) is 18.4 Å². The van der Waals surface area contributed by atoms with Gasteiger partial charge in [0, 0.05) is 25.5 Å². The van der Waals surface area contributed by atoms with Crippen LogP contribution >= 0.6 is 0 Å². The van der Waals surface area contributed by atoms with Gasteiger partial charge in [0.05, 0.1) is 18.1 Å². The Morgan fingerprint density at radius 2 is 2.00 bits per heavy atom. The smallest absolute Gasteiger partial charge is 0.241 e. The van der Waals surface area contributed by atoms with E-state index in [2.05, 4.69) is 27.3 Å². The zero-order valence-corrected chi connectivity index (χ0v) is 14.8.